The predicted octanol–water partition coefficient (Wildman–Crippen LogP) is 2.12. The summed E-state index contributed by atoms with van der Waals surface area (Å²) in [6.07, 6.45) is 3.13. The number of carbonyl (C=O) groups is 1. The van der Waals surface area contributed by atoms with Gasteiger partial charge >= 0.3 is 5.97 Å². The Kier molecular flexibility index (Phi) is 6.00. The third-order valence-corrected chi connectivity index (χ3v) is 5.85. The van der Waals surface area contributed by atoms with E-state index >= 15 is 0 Å². The average Bonchev–Trinajstić information content (AvgIpc) is 3.29. The molecule has 3 heterocycles. The summed E-state index contributed by atoms with van der Waals surface area (Å²) in [6.45, 7) is 1.02. The number of pyridine rings is 2. The molecule has 1 saturated heterocycles. The molecule has 2 N–H and O–H groups in total. The van der Waals surface area contributed by atoms with Gasteiger partial charge in [0, 0.05) is 24.4 Å². The van der Waals surface area contributed by atoms with Crippen molar-refractivity contribution in [3.05, 3.63) is 57.9 Å². The van der Waals surface area contributed by atoms with Crippen molar-refractivity contribution in [2.45, 2.75) is 25.4 Å². The second kappa shape index (κ2) is 8.88. The molecule has 2 aromatic heterocycles. The Bertz CT molecular complexity index is 1220. The minimum atomic E-state index is -1.30. The molecule has 0 radical (unpaired) electrons. The van der Waals surface area contributed by atoms with Gasteiger partial charge in [-0.3, -0.25) is 4.79 Å². The Morgan fingerprint density at radius 1 is 1.22 bits per heavy atom. The molecule has 0 aliphatic carbocycles. The number of aromatic nitrogens is 2. The van der Waals surface area contributed by atoms with E-state index in [2.05, 4.69) is 0 Å². The van der Waals surface area contributed by atoms with Crippen molar-refractivity contribution in [2.75, 3.05) is 32.3 Å². The standard InChI is InChI=1S/C23H25N3O6/c1-31-16-6-5-14(19(10-16)32-2)11-25-12-18(23(29)30)21(28)17-7-8-20(24-22(17)25)26-9-3-4-15(26)13-27/h5-8,10,12,15,27H,3-4,9,11,13H2,1-2H3,(H,29,30). The van der Waals surface area contributed by atoms with E-state index in [1.54, 1.807) is 43.1 Å². The first-order chi connectivity index (χ1) is 15.5. The van der Waals surface area contributed by atoms with E-state index in [9.17, 15) is 19.8 Å². The Balaban J connectivity index is 1.87. The summed E-state index contributed by atoms with van der Waals surface area (Å²) in [4.78, 5) is 31.3. The predicted molar refractivity (Wildman–Crippen MR) is 119 cm³/mol. The molecule has 1 aromatic carbocycles. The molecule has 32 heavy (non-hydrogen) atoms. The third-order valence-electron chi connectivity index (χ3n) is 5.85. The number of hydrogen-bond donors (Lipinski definition) is 2. The maximum Gasteiger partial charge on any atom is 0.341 e. The molecule has 9 heteroatoms. The van der Waals surface area contributed by atoms with E-state index in [4.69, 9.17) is 14.5 Å². The van der Waals surface area contributed by atoms with E-state index in [0.717, 1.165) is 24.9 Å². The van der Waals surface area contributed by atoms with Crippen LogP contribution in [0.25, 0.3) is 11.0 Å². The van der Waals surface area contributed by atoms with E-state index < -0.39 is 11.4 Å². The van der Waals surface area contributed by atoms with Crippen molar-refractivity contribution in [1.29, 1.82) is 0 Å². The lowest BCUT2D eigenvalue weighted by Gasteiger charge is -2.24. The number of aromatic carboxylic acids is 1. The zero-order valence-corrected chi connectivity index (χ0v) is 17.9. The molecule has 168 valence electrons. The van der Waals surface area contributed by atoms with Crippen LogP contribution in [0.4, 0.5) is 5.82 Å². The Morgan fingerprint density at radius 3 is 2.72 bits per heavy atom. The minimum absolute atomic E-state index is 0.0214. The van der Waals surface area contributed by atoms with Gasteiger partial charge in [0.15, 0.2) is 0 Å². The average molecular weight is 439 g/mol. The zero-order chi connectivity index (χ0) is 22.8. The Hall–Kier alpha value is -3.59. The van der Waals surface area contributed by atoms with Gasteiger partial charge in [-0.15, -0.1) is 0 Å². The molecule has 0 amide bonds. The van der Waals surface area contributed by atoms with E-state index in [-0.39, 0.29) is 30.1 Å². The lowest BCUT2D eigenvalue weighted by molar-refractivity contribution is 0.0695. The summed E-state index contributed by atoms with van der Waals surface area (Å²) in [5.41, 5.74) is 0.244. The summed E-state index contributed by atoms with van der Waals surface area (Å²) in [6, 6.07) is 8.65. The number of rotatable bonds is 7. The van der Waals surface area contributed by atoms with Gasteiger partial charge in [-0.25, -0.2) is 9.78 Å². The second-order valence-corrected chi connectivity index (χ2v) is 7.70. The summed E-state index contributed by atoms with van der Waals surface area (Å²) in [7, 11) is 3.11. The molecule has 3 aromatic rings. The van der Waals surface area contributed by atoms with Gasteiger partial charge in [-0.2, -0.15) is 0 Å². The van der Waals surface area contributed by atoms with Gasteiger partial charge in [-0.05, 0) is 37.1 Å². The highest BCUT2D eigenvalue weighted by atomic mass is 16.5. The van der Waals surface area contributed by atoms with Crippen LogP contribution >= 0.6 is 0 Å². The quantitative estimate of drug-likeness (QED) is 0.576. The molecule has 9 nitrogen and oxygen atoms in total. The maximum atomic E-state index is 12.8. The van der Waals surface area contributed by atoms with Crippen molar-refractivity contribution in [3.8, 4) is 11.5 Å². The van der Waals surface area contributed by atoms with E-state index in [1.165, 1.54) is 6.20 Å². The van der Waals surface area contributed by atoms with Gasteiger partial charge in [0.2, 0.25) is 5.43 Å². The van der Waals surface area contributed by atoms with Gasteiger partial charge in [0.25, 0.3) is 0 Å². The molecule has 1 fully saturated rings. The first kappa shape index (κ1) is 21.6. The smallest absolute Gasteiger partial charge is 0.341 e. The van der Waals surface area contributed by atoms with E-state index in [1.807, 2.05) is 11.0 Å². The normalized spacial score (nSPS) is 15.8. The number of carboxylic acids is 1. The van der Waals surface area contributed by atoms with Crippen molar-refractivity contribution in [1.82, 2.24) is 9.55 Å². The summed E-state index contributed by atoms with van der Waals surface area (Å²) < 4.78 is 12.4. The van der Waals surface area contributed by atoms with Crippen LogP contribution in [0.3, 0.4) is 0 Å². The minimum Gasteiger partial charge on any atom is -0.497 e. The number of aliphatic hydroxyl groups is 1. The topological polar surface area (TPSA) is 114 Å². The van der Waals surface area contributed by atoms with Crippen molar-refractivity contribution in [3.63, 3.8) is 0 Å². The van der Waals surface area contributed by atoms with Gasteiger partial charge < -0.3 is 29.2 Å². The van der Waals surface area contributed by atoms with Crippen LogP contribution in [-0.2, 0) is 6.54 Å². The first-order valence-electron chi connectivity index (χ1n) is 10.3. The van der Waals surface area contributed by atoms with E-state index in [0.29, 0.717) is 23.0 Å². The number of aliphatic hydroxyl groups excluding tert-OH is 1. The number of benzene rings is 1. The molecule has 1 aliphatic heterocycles. The van der Waals surface area contributed by atoms with Crippen LogP contribution in [0, 0.1) is 0 Å². The number of carboxylic acid groups (broad SMARTS) is 1. The first-order valence-corrected chi connectivity index (χ1v) is 10.3. The van der Waals surface area contributed by atoms with Crippen molar-refractivity contribution < 1.29 is 24.5 Å². The van der Waals surface area contributed by atoms with Gasteiger partial charge in [0.1, 0.15) is 28.5 Å². The highest BCUT2D eigenvalue weighted by Gasteiger charge is 2.26. The van der Waals surface area contributed by atoms with Crippen LogP contribution in [0.2, 0.25) is 0 Å². The van der Waals surface area contributed by atoms with Crippen LogP contribution in [0.15, 0.2) is 41.3 Å². The molecule has 1 atom stereocenters. The lowest BCUT2D eigenvalue weighted by Crippen LogP contribution is -2.33. The molecule has 0 bridgehead atoms. The van der Waals surface area contributed by atoms with Crippen LogP contribution in [0.5, 0.6) is 11.5 Å². The highest BCUT2D eigenvalue weighted by molar-refractivity contribution is 5.92. The molecule has 0 spiro atoms. The second-order valence-electron chi connectivity index (χ2n) is 7.70. The lowest BCUT2D eigenvalue weighted by atomic mass is 10.1. The number of anilines is 1. The zero-order valence-electron chi connectivity index (χ0n) is 17.9. The molecular formula is C23H25N3O6. The van der Waals surface area contributed by atoms with Gasteiger partial charge in [0.05, 0.1) is 38.8 Å². The number of methoxy groups -OCH3 is 2. The number of fused-ring (bicyclic) bond motifs is 1. The largest absolute Gasteiger partial charge is 0.497 e. The fraction of sp³-hybridized carbons (Fsp3) is 0.348. The number of ether oxygens (including phenoxy) is 2. The summed E-state index contributed by atoms with van der Waals surface area (Å²) >= 11 is 0. The third kappa shape index (κ3) is 3.87. The number of nitrogens with zero attached hydrogens (tertiary/aromatic N) is 3. The maximum absolute atomic E-state index is 12.8. The SMILES string of the molecule is COc1ccc(Cn2cc(C(=O)O)c(=O)c3ccc(N4CCCC4CO)nc32)c(OC)c1. The Morgan fingerprint density at radius 2 is 2.03 bits per heavy atom. The Labute approximate surface area is 184 Å². The molecule has 1 unspecified atom stereocenters. The fourth-order valence-electron chi connectivity index (χ4n) is 4.18. The van der Waals surface area contributed by atoms with Crippen LogP contribution in [0.1, 0.15) is 28.8 Å². The molecule has 0 saturated carbocycles. The summed E-state index contributed by atoms with van der Waals surface area (Å²) in [5, 5.41) is 19.5. The number of hydrogen-bond acceptors (Lipinski definition) is 7. The van der Waals surface area contributed by atoms with Crippen LogP contribution < -0.4 is 19.8 Å². The summed E-state index contributed by atoms with van der Waals surface area (Å²) in [5.74, 6) is 0.554. The monoisotopic (exact) mass is 439 g/mol. The fourth-order valence-corrected chi connectivity index (χ4v) is 4.18. The highest BCUT2D eigenvalue weighted by Crippen LogP contribution is 2.28. The van der Waals surface area contributed by atoms with Crippen molar-refractivity contribution in [2.24, 2.45) is 0 Å². The van der Waals surface area contributed by atoms with Crippen molar-refractivity contribution >= 4 is 22.8 Å². The van der Waals surface area contributed by atoms with Crippen LogP contribution in [-0.4, -0.2) is 59.1 Å². The molecular weight excluding hydrogens is 414 g/mol. The van der Waals surface area contributed by atoms with Gasteiger partial charge in [-0.1, -0.05) is 0 Å². The molecule has 1 aliphatic rings. The molecule has 4 rings (SSSR count).